The topological polar surface area (TPSA) is 38.8 Å². The van der Waals surface area contributed by atoms with Crippen molar-refractivity contribution in [1.29, 1.82) is 0 Å². The summed E-state index contributed by atoms with van der Waals surface area (Å²) < 4.78 is 24.3. The van der Waals surface area contributed by atoms with Gasteiger partial charge in [0.05, 0.1) is 12.1 Å². The highest BCUT2D eigenvalue weighted by Gasteiger charge is 2.17. The highest BCUT2D eigenvalue weighted by atomic mass is 19.1. The molecule has 0 unspecified atom stereocenters. The number of nitrogens with zero attached hydrogens (tertiary/aromatic N) is 1. The van der Waals surface area contributed by atoms with Gasteiger partial charge in [-0.25, -0.2) is 4.39 Å². The molecule has 138 valence electrons. The molecule has 0 radical (unpaired) electrons. The average molecular weight is 365 g/mol. The lowest BCUT2D eigenvalue weighted by Crippen LogP contribution is -2.31. The number of benzene rings is 3. The number of para-hydroxylation sites is 2. The molecule has 3 aromatic carbocycles. The summed E-state index contributed by atoms with van der Waals surface area (Å²) >= 11 is 0. The second kappa shape index (κ2) is 8.85. The highest BCUT2D eigenvalue weighted by molar-refractivity contribution is 5.96. The fourth-order valence-electron chi connectivity index (χ4n) is 2.49. The van der Waals surface area contributed by atoms with Crippen LogP contribution in [-0.2, 0) is 0 Å². The maximum absolute atomic E-state index is 12.9. The van der Waals surface area contributed by atoms with Crippen molar-refractivity contribution in [3.05, 3.63) is 90.2 Å². The van der Waals surface area contributed by atoms with Crippen molar-refractivity contribution in [1.82, 2.24) is 4.90 Å². The first-order valence-electron chi connectivity index (χ1n) is 8.59. The third kappa shape index (κ3) is 5.07. The molecule has 0 aliphatic carbocycles. The van der Waals surface area contributed by atoms with Crippen molar-refractivity contribution < 1.29 is 18.7 Å². The van der Waals surface area contributed by atoms with Gasteiger partial charge in [0.1, 0.15) is 29.7 Å². The summed E-state index contributed by atoms with van der Waals surface area (Å²) in [4.78, 5) is 14.3. The Morgan fingerprint density at radius 2 is 1.56 bits per heavy atom. The number of hydrogen-bond acceptors (Lipinski definition) is 3. The van der Waals surface area contributed by atoms with E-state index in [9.17, 15) is 9.18 Å². The fourth-order valence-corrected chi connectivity index (χ4v) is 2.49. The summed E-state index contributed by atoms with van der Waals surface area (Å²) in [6, 6.07) is 22.2. The van der Waals surface area contributed by atoms with E-state index in [-0.39, 0.29) is 11.7 Å². The highest BCUT2D eigenvalue weighted by Crippen LogP contribution is 2.25. The molecule has 4 nitrogen and oxygen atoms in total. The molecule has 0 heterocycles. The first-order valence-corrected chi connectivity index (χ1v) is 8.59. The number of likely N-dealkylation sites (N-methyl/N-ethyl adjacent to an activating group) is 1. The van der Waals surface area contributed by atoms with E-state index in [1.165, 1.54) is 12.1 Å². The van der Waals surface area contributed by atoms with E-state index in [1.807, 2.05) is 36.4 Å². The van der Waals surface area contributed by atoms with E-state index in [4.69, 9.17) is 9.47 Å². The summed E-state index contributed by atoms with van der Waals surface area (Å²) in [6.45, 7) is 0.686. The van der Waals surface area contributed by atoms with Crippen LogP contribution < -0.4 is 9.47 Å². The third-order valence-electron chi connectivity index (χ3n) is 3.94. The van der Waals surface area contributed by atoms with Gasteiger partial charge in [0.15, 0.2) is 0 Å². The van der Waals surface area contributed by atoms with Crippen molar-refractivity contribution in [2.75, 3.05) is 20.2 Å². The average Bonchev–Trinajstić information content (AvgIpc) is 2.70. The third-order valence-corrected chi connectivity index (χ3v) is 3.94. The summed E-state index contributed by atoms with van der Waals surface area (Å²) in [5.74, 6) is 1.25. The van der Waals surface area contributed by atoms with E-state index < -0.39 is 0 Å². The molecule has 0 N–H and O–H groups in total. The number of halogens is 1. The monoisotopic (exact) mass is 365 g/mol. The van der Waals surface area contributed by atoms with Gasteiger partial charge in [-0.3, -0.25) is 4.79 Å². The zero-order valence-electron chi connectivity index (χ0n) is 15.0. The largest absolute Gasteiger partial charge is 0.492 e. The molecule has 0 aliphatic heterocycles. The van der Waals surface area contributed by atoms with Crippen molar-refractivity contribution >= 4 is 5.91 Å². The second-order valence-corrected chi connectivity index (χ2v) is 5.94. The van der Waals surface area contributed by atoms with Gasteiger partial charge < -0.3 is 14.4 Å². The van der Waals surface area contributed by atoms with Crippen molar-refractivity contribution in [3.63, 3.8) is 0 Å². The predicted molar refractivity (Wildman–Crippen MR) is 102 cm³/mol. The van der Waals surface area contributed by atoms with Gasteiger partial charge in [-0.05, 0) is 48.5 Å². The van der Waals surface area contributed by atoms with E-state index in [0.29, 0.717) is 36.0 Å². The SMILES string of the molecule is CN(CCOc1ccc(F)cc1)C(=O)c1ccccc1Oc1ccccc1. The molecule has 27 heavy (non-hydrogen) atoms. The normalized spacial score (nSPS) is 10.3. The number of amides is 1. The van der Waals surface area contributed by atoms with Gasteiger partial charge in [-0.1, -0.05) is 30.3 Å². The molecule has 0 bridgehead atoms. The first-order chi connectivity index (χ1) is 13.1. The van der Waals surface area contributed by atoms with Gasteiger partial charge in [0.25, 0.3) is 5.91 Å². The Morgan fingerprint density at radius 3 is 2.30 bits per heavy atom. The maximum Gasteiger partial charge on any atom is 0.257 e. The van der Waals surface area contributed by atoms with Gasteiger partial charge in [-0.2, -0.15) is 0 Å². The molecule has 3 rings (SSSR count). The second-order valence-electron chi connectivity index (χ2n) is 5.94. The van der Waals surface area contributed by atoms with E-state index in [0.717, 1.165) is 0 Å². The quantitative estimate of drug-likeness (QED) is 0.605. The number of rotatable bonds is 7. The molecule has 0 spiro atoms. The van der Waals surface area contributed by atoms with E-state index in [2.05, 4.69) is 0 Å². The zero-order chi connectivity index (χ0) is 19.1. The lowest BCUT2D eigenvalue weighted by atomic mass is 10.1. The van der Waals surface area contributed by atoms with Crippen LogP contribution in [0, 0.1) is 5.82 Å². The molecule has 0 saturated heterocycles. The van der Waals surface area contributed by atoms with Crippen molar-refractivity contribution in [2.45, 2.75) is 0 Å². The van der Waals surface area contributed by atoms with Gasteiger partial charge in [0.2, 0.25) is 0 Å². The van der Waals surface area contributed by atoms with Crippen LogP contribution in [0.1, 0.15) is 10.4 Å². The summed E-state index contributed by atoms with van der Waals surface area (Å²) in [6.07, 6.45) is 0. The van der Waals surface area contributed by atoms with Gasteiger partial charge >= 0.3 is 0 Å². The number of carbonyl (C=O) groups is 1. The minimum Gasteiger partial charge on any atom is -0.492 e. The molecular formula is C22H20FNO3. The number of ether oxygens (including phenoxy) is 2. The molecular weight excluding hydrogens is 345 g/mol. The summed E-state index contributed by atoms with van der Waals surface area (Å²) in [5.41, 5.74) is 0.477. The lowest BCUT2D eigenvalue weighted by Gasteiger charge is -2.19. The van der Waals surface area contributed by atoms with Gasteiger partial charge in [-0.15, -0.1) is 0 Å². The van der Waals surface area contributed by atoms with Crippen LogP contribution in [0.5, 0.6) is 17.2 Å². The minimum absolute atomic E-state index is 0.163. The molecule has 0 fully saturated rings. The predicted octanol–water partition coefficient (Wildman–Crippen LogP) is 4.77. The lowest BCUT2D eigenvalue weighted by molar-refractivity contribution is 0.0771. The molecule has 0 saturated carbocycles. The Morgan fingerprint density at radius 1 is 0.889 bits per heavy atom. The Hall–Kier alpha value is -3.34. The van der Waals surface area contributed by atoms with Crippen molar-refractivity contribution in [2.24, 2.45) is 0 Å². The van der Waals surface area contributed by atoms with Crippen LogP contribution in [-0.4, -0.2) is 31.0 Å². The number of carbonyl (C=O) groups excluding carboxylic acids is 1. The number of hydrogen-bond donors (Lipinski definition) is 0. The van der Waals surface area contributed by atoms with E-state index in [1.54, 1.807) is 42.3 Å². The van der Waals surface area contributed by atoms with Crippen LogP contribution in [0.2, 0.25) is 0 Å². The van der Waals surface area contributed by atoms with Crippen LogP contribution in [0.15, 0.2) is 78.9 Å². The van der Waals surface area contributed by atoms with Crippen LogP contribution in [0.3, 0.4) is 0 Å². The minimum atomic E-state index is -0.315. The van der Waals surface area contributed by atoms with Crippen LogP contribution in [0.4, 0.5) is 4.39 Å². The molecule has 1 amide bonds. The molecule has 3 aromatic rings. The van der Waals surface area contributed by atoms with Crippen LogP contribution in [0.25, 0.3) is 0 Å². The molecule has 0 aromatic heterocycles. The Kier molecular flexibility index (Phi) is 6.05. The summed E-state index contributed by atoms with van der Waals surface area (Å²) in [7, 11) is 1.70. The Bertz CT molecular complexity index is 882. The Balaban J connectivity index is 1.62. The molecule has 0 aliphatic rings. The van der Waals surface area contributed by atoms with Crippen LogP contribution >= 0.6 is 0 Å². The summed E-state index contributed by atoms with van der Waals surface area (Å²) in [5, 5.41) is 0. The standard InChI is InChI=1S/C22H20FNO3/c1-24(15-16-26-18-13-11-17(23)12-14-18)22(25)20-9-5-6-10-21(20)27-19-7-3-2-4-8-19/h2-14H,15-16H2,1H3. The smallest absolute Gasteiger partial charge is 0.257 e. The molecule has 5 heteroatoms. The fraction of sp³-hybridized carbons (Fsp3) is 0.136. The molecule has 0 atom stereocenters. The van der Waals surface area contributed by atoms with Gasteiger partial charge in [0, 0.05) is 7.05 Å². The first kappa shape index (κ1) is 18.5. The Labute approximate surface area is 157 Å². The van der Waals surface area contributed by atoms with Crippen molar-refractivity contribution in [3.8, 4) is 17.2 Å². The van der Waals surface area contributed by atoms with E-state index >= 15 is 0 Å². The maximum atomic E-state index is 12.9. The zero-order valence-corrected chi connectivity index (χ0v) is 15.0.